The van der Waals surface area contributed by atoms with Crippen molar-refractivity contribution in [2.75, 3.05) is 0 Å². The molecule has 2 saturated carbocycles. The quantitative estimate of drug-likeness (QED) is 0.479. The number of Topliss-reactive ketones (excluding diaryl/α,β-unsaturated/α-hetero) is 1. The number of carbonyl (C=O) groups excluding carboxylic acids is 1. The van der Waals surface area contributed by atoms with Gasteiger partial charge in [0.25, 0.3) is 0 Å². The monoisotopic (exact) mass is 292 g/mol. The summed E-state index contributed by atoms with van der Waals surface area (Å²) >= 11 is 0. The summed E-state index contributed by atoms with van der Waals surface area (Å²) in [6, 6.07) is 0. The lowest BCUT2D eigenvalue weighted by Crippen LogP contribution is -2.25. The van der Waals surface area contributed by atoms with Crippen molar-refractivity contribution >= 4 is 5.78 Å². The van der Waals surface area contributed by atoms with E-state index in [1.54, 1.807) is 0 Å². The summed E-state index contributed by atoms with van der Waals surface area (Å²) in [4.78, 5) is 11.4. The fourth-order valence-corrected chi connectivity index (χ4v) is 4.60. The molecule has 0 aromatic heterocycles. The standard InChI is InChI=1S/C20H36O/c1-2-3-4-5-6-7-8-17-9-11-18(12-10-17)19-13-15-20(21)16-14-19/h17-19H,2-16H2,1H3. The van der Waals surface area contributed by atoms with Crippen LogP contribution in [0.3, 0.4) is 0 Å². The van der Waals surface area contributed by atoms with Gasteiger partial charge in [-0.2, -0.15) is 0 Å². The highest BCUT2D eigenvalue weighted by molar-refractivity contribution is 5.79. The molecule has 0 saturated heterocycles. The topological polar surface area (TPSA) is 17.1 Å². The van der Waals surface area contributed by atoms with E-state index in [0.29, 0.717) is 5.78 Å². The number of rotatable bonds is 8. The highest BCUT2D eigenvalue weighted by Gasteiger charge is 2.29. The van der Waals surface area contributed by atoms with Crippen LogP contribution in [-0.4, -0.2) is 5.78 Å². The van der Waals surface area contributed by atoms with Crippen molar-refractivity contribution in [1.82, 2.24) is 0 Å². The molecule has 0 radical (unpaired) electrons. The van der Waals surface area contributed by atoms with Gasteiger partial charge < -0.3 is 0 Å². The summed E-state index contributed by atoms with van der Waals surface area (Å²) in [6.45, 7) is 2.29. The van der Waals surface area contributed by atoms with Crippen LogP contribution in [0.2, 0.25) is 0 Å². The van der Waals surface area contributed by atoms with Gasteiger partial charge in [-0.1, -0.05) is 64.7 Å². The van der Waals surface area contributed by atoms with Crippen molar-refractivity contribution < 1.29 is 4.79 Å². The highest BCUT2D eigenvalue weighted by Crippen LogP contribution is 2.40. The van der Waals surface area contributed by atoms with Gasteiger partial charge in [-0.15, -0.1) is 0 Å². The summed E-state index contributed by atoms with van der Waals surface area (Å²) in [5.74, 6) is 3.39. The lowest BCUT2D eigenvalue weighted by molar-refractivity contribution is -0.121. The zero-order valence-corrected chi connectivity index (χ0v) is 14.2. The second kappa shape index (κ2) is 9.64. The van der Waals surface area contributed by atoms with E-state index in [1.807, 2.05) is 0 Å². The maximum Gasteiger partial charge on any atom is 0.132 e. The van der Waals surface area contributed by atoms with Crippen LogP contribution >= 0.6 is 0 Å². The zero-order chi connectivity index (χ0) is 14.9. The first-order valence-electron chi connectivity index (χ1n) is 9.81. The average Bonchev–Trinajstić information content (AvgIpc) is 2.52. The Morgan fingerprint density at radius 3 is 2.00 bits per heavy atom. The predicted octanol–water partition coefficient (Wildman–Crippen LogP) is 6.30. The van der Waals surface area contributed by atoms with Crippen LogP contribution in [0.4, 0.5) is 0 Å². The molecular formula is C20H36O. The Labute approximate surface area is 132 Å². The molecule has 2 rings (SSSR count). The van der Waals surface area contributed by atoms with Gasteiger partial charge in [-0.05, 0) is 43.4 Å². The van der Waals surface area contributed by atoms with E-state index >= 15 is 0 Å². The molecule has 122 valence electrons. The fourth-order valence-electron chi connectivity index (χ4n) is 4.60. The van der Waals surface area contributed by atoms with Crippen molar-refractivity contribution in [3.05, 3.63) is 0 Å². The van der Waals surface area contributed by atoms with Crippen molar-refractivity contribution in [1.29, 1.82) is 0 Å². The van der Waals surface area contributed by atoms with E-state index in [0.717, 1.165) is 30.6 Å². The van der Waals surface area contributed by atoms with Crippen molar-refractivity contribution in [3.63, 3.8) is 0 Å². The number of hydrogen-bond donors (Lipinski definition) is 0. The molecule has 0 amide bonds. The molecule has 0 aromatic rings. The minimum absolute atomic E-state index is 0.517. The van der Waals surface area contributed by atoms with Gasteiger partial charge in [0, 0.05) is 12.8 Å². The van der Waals surface area contributed by atoms with Gasteiger partial charge in [0.1, 0.15) is 5.78 Å². The number of unbranched alkanes of at least 4 members (excludes halogenated alkanes) is 5. The summed E-state index contributed by atoms with van der Waals surface area (Å²) in [6.07, 6.45) is 20.1. The molecule has 1 nitrogen and oxygen atoms in total. The SMILES string of the molecule is CCCCCCCCC1CCC(C2CCC(=O)CC2)CC1. The molecule has 2 fully saturated rings. The summed E-state index contributed by atoms with van der Waals surface area (Å²) < 4.78 is 0. The van der Waals surface area contributed by atoms with Gasteiger partial charge in [-0.3, -0.25) is 4.79 Å². The van der Waals surface area contributed by atoms with Crippen molar-refractivity contribution in [2.24, 2.45) is 17.8 Å². The van der Waals surface area contributed by atoms with Crippen LogP contribution in [0.15, 0.2) is 0 Å². The first kappa shape index (κ1) is 17.0. The Morgan fingerprint density at radius 2 is 1.33 bits per heavy atom. The maximum atomic E-state index is 11.4. The molecular weight excluding hydrogens is 256 g/mol. The molecule has 0 bridgehead atoms. The van der Waals surface area contributed by atoms with E-state index in [-0.39, 0.29) is 0 Å². The van der Waals surface area contributed by atoms with Gasteiger partial charge >= 0.3 is 0 Å². The molecule has 2 aliphatic carbocycles. The molecule has 2 aliphatic rings. The van der Waals surface area contributed by atoms with E-state index in [9.17, 15) is 4.79 Å². The molecule has 21 heavy (non-hydrogen) atoms. The van der Waals surface area contributed by atoms with Gasteiger partial charge in [0.05, 0.1) is 0 Å². The minimum Gasteiger partial charge on any atom is -0.300 e. The Kier molecular flexibility index (Phi) is 7.82. The normalized spacial score (nSPS) is 28.0. The first-order valence-corrected chi connectivity index (χ1v) is 9.81. The molecule has 0 atom stereocenters. The van der Waals surface area contributed by atoms with Crippen LogP contribution < -0.4 is 0 Å². The van der Waals surface area contributed by atoms with Crippen molar-refractivity contribution in [2.45, 2.75) is 103 Å². The highest BCUT2D eigenvalue weighted by atomic mass is 16.1. The molecule has 0 N–H and O–H groups in total. The van der Waals surface area contributed by atoms with Gasteiger partial charge in [0.15, 0.2) is 0 Å². The lowest BCUT2D eigenvalue weighted by atomic mass is 9.70. The summed E-state index contributed by atoms with van der Waals surface area (Å²) in [5.41, 5.74) is 0. The largest absolute Gasteiger partial charge is 0.300 e. The van der Waals surface area contributed by atoms with Gasteiger partial charge in [0.2, 0.25) is 0 Å². The smallest absolute Gasteiger partial charge is 0.132 e. The third kappa shape index (κ3) is 6.12. The predicted molar refractivity (Wildman–Crippen MR) is 90.4 cm³/mol. The van der Waals surface area contributed by atoms with Crippen molar-refractivity contribution in [3.8, 4) is 0 Å². The molecule has 0 unspecified atom stereocenters. The van der Waals surface area contributed by atoms with E-state index in [2.05, 4.69) is 6.92 Å². The van der Waals surface area contributed by atoms with Crippen LogP contribution in [0.5, 0.6) is 0 Å². The fraction of sp³-hybridized carbons (Fsp3) is 0.950. The molecule has 0 aliphatic heterocycles. The molecule has 0 aromatic carbocycles. The number of hydrogen-bond acceptors (Lipinski definition) is 1. The van der Waals surface area contributed by atoms with E-state index in [1.165, 1.54) is 83.5 Å². The molecule has 0 spiro atoms. The minimum atomic E-state index is 0.517. The second-order valence-electron chi connectivity index (χ2n) is 7.71. The van der Waals surface area contributed by atoms with Crippen LogP contribution in [0, 0.1) is 17.8 Å². The Balaban J connectivity index is 1.53. The zero-order valence-electron chi connectivity index (χ0n) is 14.2. The van der Waals surface area contributed by atoms with Crippen LogP contribution in [0.25, 0.3) is 0 Å². The summed E-state index contributed by atoms with van der Waals surface area (Å²) in [5, 5.41) is 0. The third-order valence-electron chi connectivity index (χ3n) is 6.11. The Hall–Kier alpha value is -0.330. The van der Waals surface area contributed by atoms with E-state index in [4.69, 9.17) is 0 Å². The van der Waals surface area contributed by atoms with Gasteiger partial charge in [-0.25, -0.2) is 0 Å². The Morgan fingerprint density at radius 1 is 0.762 bits per heavy atom. The Bertz CT molecular complexity index is 278. The van der Waals surface area contributed by atoms with E-state index < -0.39 is 0 Å². The lowest BCUT2D eigenvalue weighted by Gasteiger charge is -2.35. The second-order valence-corrected chi connectivity index (χ2v) is 7.71. The maximum absolute atomic E-state index is 11.4. The number of carbonyl (C=O) groups is 1. The average molecular weight is 293 g/mol. The molecule has 0 heterocycles. The number of ketones is 1. The third-order valence-corrected chi connectivity index (χ3v) is 6.11. The molecule has 1 heteroatoms. The summed E-state index contributed by atoms with van der Waals surface area (Å²) in [7, 11) is 0. The first-order chi connectivity index (χ1) is 10.3. The van der Waals surface area contributed by atoms with Crippen LogP contribution in [0.1, 0.15) is 103 Å². The van der Waals surface area contributed by atoms with Crippen LogP contribution in [-0.2, 0) is 4.79 Å².